The minimum atomic E-state index is -4.15. The highest BCUT2D eigenvalue weighted by atomic mass is 35.5. The van der Waals surface area contributed by atoms with E-state index in [0.717, 1.165) is 0 Å². The predicted octanol–water partition coefficient (Wildman–Crippen LogP) is 3.76. The highest BCUT2D eigenvalue weighted by Crippen LogP contribution is 2.43. The van der Waals surface area contributed by atoms with Crippen molar-refractivity contribution in [1.29, 1.82) is 0 Å². The van der Waals surface area contributed by atoms with Crippen LogP contribution >= 0.6 is 11.6 Å². The molecule has 0 saturated heterocycles. The van der Waals surface area contributed by atoms with Gasteiger partial charge < -0.3 is 20.3 Å². The van der Waals surface area contributed by atoms with E-state index in [1.165, 1.54) is 31.2 Å². The van der Waals surface area contributed by atoms with Crippen LogP contribution < -0.4 is 5.32 Å². The number of para-hydroxylation sites is 1. The van der Waals surface area contributed by atoms with E-state index >= 15 is 8.78 Å². The number of carbonyl (C=O) groups excluding carboxylic acids is 1. The maximum atomic E-state index is 15.1. The Balaban J connectivity index is 2.40. The van der Waals surface area contributed by atoms with Crippen LogP contribution in [0.4, 0.5) is 14.5 Å². The number of aliphatic hydroxyl groups is 2. The van der Waals surface area contributed by atoms with Gasteiger partial charge in [0.05, 0.1) is 6.61 Å². The van der Waals surface area contributed by atoms with E-state index in [-0.39, 0.29) is 12.2 Å². The van der Waals surface area contributed by atoms with E-state index in [2.05, 4.69) is 10.1 Å². The van der Waals surface area contributed by atoms with Gasteiger partial charge in [-0.15, -0.1) is 0 Å². The molecule has 0 spiro atoms. The number of ether oxygens (including phenoxy) is 1. The molecule has 0 radical (unpaired) electrons. The largest absolute Gasteiger partial charge is 0.466 e. The number of hydrogen-bond donors (Lipinski definition) is 3. The monoisotopic (exact) mass is 399 g/mol. The Kier molecular flexibility index (Phi) is 6.75. The second-order valence-electron chi connectivity index (χ2n) is 5.92. The SMILES string of the molecule is CCOC(=O)CC(O)(O)C(F)(F)C(Nc1ccccc1)c1ccc(Cl)cc1. The number of hydrogen-bond acceptors (Lipinski definition) is 5. The summed E-state index contributed by atoms with van der Waals surface area (Å²) in [6, 6.07) is 11.8. The summed E-state index contributed by atoms with van der Waals surface area (Å²) < 4.78 is 34.8. The Labute approximate surface area is 160 Å². The van der Waals surface area contributed by atoms with Crippen LogP contribution in [0.3, 0.4) is 0 Å². The van der Waals surface area contributed by atoms with Crippen LogP contribution in [-0.2, 0) is 9.53 Å². The fourth-order valence-electron chi connectivity index (χ4n) is 2.50. The van der Waals surface area contributed by atoms with Crippen LogP contribution in [0.2, 0.25) is 5.02 Å². The van der Waals surface area contributed by atoms with Crippen molar-refractivity contribution in [2.45, 2.75) is 31.1 Å². The van der Waals surface area contributed by atoms with Crippen molar-refractivity contribution in [2.24, 2.45) is 0 Å². The third-order valence-corrected chi connectivity index (χ3v) is 4.13. The van der Waals surface area contributed by atoms with Gasteiger partial charge in [-0.05, 0) is 36.8 Å². The van der Waals surface area contributed by atoms with Crippen molar-refractivity contribution in [2.75, 3.05) is 11.9 Å². The summed E-state index contributed by atoms with van der Waals surface area (Å²) in [7, 11) is 0. The molecule has 1 unspecified atom stereocenters. The molecule has 1 atom stereocenters. The summed E-state index contributed by atoms with van der Waals surface area (Å²) in [6.45, 7) is 1.42. The van der Waals surface area contributed by atoms with Gasteiger partial charge in [0, 0.05) is 10.7 Å². The van der Waals surface area contributed by atoms with Gasteiger partial charge in [-0.3, -0.25) is 4.79 Å². The lowest BCUT2D eigenvalue weighted by Gasteiger charge is -2.37. The van der Waals surface area contributed by atoms with Gasteiger partial charge in [-0.25, -0.2) is 0 Å². The predicted molar refractivity (Wildman–Crippen MR) is 97.6 cm³/mol. The molecule has 0 aliphatic rings. The molecule has 2 rings (SSSR count). The molecule has 5 nitrogen and oxygen atoms in total. The van der Waals surface area contributed by atoms with Crippen molar-refractivity contribution in [3.05, 3.63) is 65.2 Å². The first kappa shape index (κ1) is 21.1. The Morgan fingerprint density at radius 2 is 1.74 bits per heavy atom. The number of carbonyl (C=O) groups is 1. The summed E-state index contributed by atoms with van der Waals surface area (Å²) in [5, 5.41) is 23.0. The van der Waals surface area contributed by atoms with Crippen molar-refractivity contribution in [1.82, 2.24) is 0 Å². The third-order valence-electron chi connectivity index (χ3n) is 3.88. The van der Waals surface area contributed by atoms with E-state index in [9.17, 15) is 15.0 Å². The van der Waals surface area contributed by atoms with E-state index in [0.29, 0.717) is 10.7 Å². The minimum absolute atomic E-state index is 0.0598. The molecule has 146 valence electrons. The van der Waals surface area contributed by atoms with Gasteiger partial charge in [0.2, 0.25) is 5.79 Å². The minimum Gasteiger partial charge on any atom is -0.466 e. The van der Waals surface area contributed by atoms with Crippen molar-refractivity contribution >= 4 is 23.3 Å². The lowest BCUT2D eigenvalue weighted by atomic mass is 9.92. The average Bonchev–Trinajstić information content (AvgIpc) is 2.61. The molecular weight excluding hydrogens is 380 g/mol. The van der Waals surface area contributed by atoms with E-state index in [1.54, 1.807) is 30.3 Å². The Morgan fingerprint density at radius 1 is 1.15 bits per heavy atom. The maximum absolute atomic E-state index is 15.1. The second-order valence-corrected chi connectivity index (χ2v) is 6.35. The van der Waals surface area contributed by atoms with Crippen LogP contribution in [-0.4, -0.2) is 34.5 Å². The molecule has 0 aliphatic heterocycles. The molecule has 2 aromatic carbocycles. The zero-order chi connectivity index (χ0) is 20.1. The zero-order valence-electron chi connectivity index (χ0n) is 14.5. The number of nitrogens with one attached hydrogen (secondary N) is 1. The second kappa shape index (κ2) is 8.65. The maximum Gasteiger partial charge on any atom is 0.324 e. The van der Waals surface area contributed by atoms with Gasteiger partial charge in [-0.1, -0.05) is 41.9 Å². The number of rotatable bonds is 8. The molecule has 3 N–H and O–H groups in total. The van der Waals surface area contributed by atoms with Crippen LogP contribution in [0.25, 0.3) is 0 Å². The van der Waals surface area contributed by atoms with Gasteiger partial charge in [0.15, 0.2) is 0 Å². The topological polar surface area (TPSA) is 78.8 Å². The first-order valence-electron chi connectivity index (χ1n) is 8.22. The lowest BCUT2D eigenvalue weighted by Crippen LogP contribution is -2.55. The molecule has 0 bridgehead atoms. The van der Waals surface area contributed by atoms with Crippen molar-refractivity contribution < 1.29 is 28.5 Å². The fraction of sp³-hybridized carbons (Fsp3) is 0.316. The molecule has 0 aliphatic carbocycles. The van der Waals surface area contributed by atoms with Crippen molar-refractivity contribution in [3.63, 3.8) is 0 Å². The summed E-state index contributed by atoms with van der Waals surface area (Å²) >= 11 is 5.82. The molecule has 27 heavy (non-hydrogen) atoms. The van der Waals surface area contributed by atoms with Crippen LogP contribution in [0.1, 0.15) is 24.9 Å². The highest BCUT2D eigenvalue weighted by molar-refractivity contribution is 6.30. The molecule has 0 heterocycles. The summed E-state index contributed by atoms with van der Waals surface area (Å²) in [5.74, 6) is -8.92. The van der Waals surface area contributed by atoms with E-state index in [4.69, 9.17) is 11.6 Å². The van der Waals surface area contributed by atoms with Gasteiger partial charge in [0.25, 0.3) is 0 Å². The first-order valence-corrected chi connectivity index (χ1v) is 8.60. The average molecular weight is 400 g/mol. The molecule has 0 fully saturated rings. The van der Waals surface area contributed by atoms with E-state index < -0.39 is 30.1 Å². The lowest BCUT2D eigenvalue weighted by molar-refractivity contribution is -0.302. The summed E-state index contributed by atoms with van der Waals surface area (Å²) in [4.78, 5) is 11.6. The van der Waals surface area contributed by atoms with Crippen LogP contribution in [0.15, 0.2) is 54.6 Å². The summed E-state index contributed by atoms with van der Waals surface area (Å²) in [6.07, 6.45) is -1.28. The quantitative estimate of drug-likeness (QED) is 0.465. The molecule has 2 aromatic rings. The first-order chi connectivity index (χ1) is 12.7. The normalized spacial score (nSPS) is 13.1. The zero-order valence-corrected chi connectivity index (χ0v) is 15.3. The Morgan fingerprint density at radius 3 is 2.30 bits per heavy atom. The number of anilines is 1. The standard InChI is InChI=1S/C19H20ClF2NO4/c1-2-27-16(24)12-18(25,26)19(21,22)17(13-8-10-14(20)11-9-13)23-15-6-4-3-5-7-15/h3-11,17,23,25-26H,2,12H2,1H3. The number of halogens is 3. The van der Waals surface area contributed by atoms with Crippen LogP contribution in [0.5, 0.6) is 0 Å². The Hall–Kier alpha value is -2.22. The van der Waals surface area contributed by atoms with E-state index in [1.807, 2.05) is 0 Å². The third kappa shape index (κ3) is 5.15. The molecular formula is C19H20ClF2NO4. The smallest absolute Gasteiger partial charge is 0.324 e. The van der Waals surface area contributed by atoms with Gasteiger partial charge >= 0.3 is 11.9 Å². The molecule has 8 heteroatoms. The molecule has 0 saturated carbocycles. The Bertz CT molecular complexity index is 754. The summed E-state index contributed by atoms with van der Waals surface area (Å²) in [5.41, 5.74) is 0.397. The highest BCUT2D eigenvalue weighted by Gasteiger charge is 2.59. The number of benzene rings is 2. The molecule has 0 amide bonds. The number of esters is 1. The number of alkyl halides is 2. The molecule has 0 aromatic heterocycles. The van der Waals surface area contributed by atoms with Gasteiger partial charge in [-0.2, -0.15) is 8.78 Å². The van der Waals surface area contributed by atoms with Crippen molar-refractivity contribution in [3.8, 4) is 0 Å². The van der Waals surface area contributed by atoms with Gasteiger partial charge in [0.1, 0.15) is 12.5 Å². The van der Waals surface area contributed by atoms with Crippen LogP contribution in [0, 0.1) is 0 Å². The fourth-order valence-corrected chi connectivity index (χ4v) is 2.63.